The molecule has 0 unspecified atom stereocenters. The maximum Gasteiger partial charge on any atom is 0.416 e. The molecule has 0 radical (unpaired) electrons. The van der Waals surface area contributed by atoms with Crippen LogP contribution in [0.3, 0.4) is 0 Å². The summed E-state index contributed by atoms with van der Waals surface area (Å²) in [5.41, 5.74) is 4.73. The Balaban J connectivity index is 2.98. The van der Waals surface area contributed by atoms with Gasteiger partial charge in [0.2, 0.25) is 5.91 Å². The number of alkyl halides is 3. The van der Waals surface area contributed by atoms with Crippen LogP contribution in [0.15, 0.2) is 24.3 Å². The molecule has 0 aromatic heterocycles. The number of benzene rings is 1. The Bertz CT molecular complexity index is 373. The Kier molecular flexibility index (Phi) is 3.54. The lowest BCUT2D eigenvalue weighted by Gasteiger charge is -2.13. The molecule has 0 aliphatic heterocycles. The summed E-state index contributed by atoms with van der Waals surface area (Å²) >= 11 is 0. The van der Waals surface area contributed by atoms with E-state index < -0.39 is 23.7 Å². The molecule has 1 amide bonds. The molecular formula is C10H11F3N2O. The first-order valence-corrected chi connectivity index (χ1v) is 4.50. The van der Waals surface area contributed by atoms with Gasteiger partial charge in [0.15, 0.2) is 0 Å². The third-order valence-corrected chi connectivity index (χ3v) is 2.14. The highest BCUT2D eigenvalue weighted by Crippen LogP contribution is 2.29. The van der Waals surface area contributed by atoms with Crippen LogP contribution in [-0.2, 0) is 11.0 Å². The largest absolute Gasteiger partial charge is 0.416 e. The van der Waals surface area contributed by atoms with Crippen molar-refractivity contribution in [2.24, 2.45) is 5.73 Å². The van der Waals surface area contributed by atoms with Gasteiger partial charge in [0.1, 0.15) is 6.04 Å². The third-order valence-electron chi connectivity index (χ3n) is 2.14. The molecule has 0 spiro atoms. The van der Waals surface area contributed by atoms with E-state index in [2.05, 4.69) is 5.32 Å². The molecule has 0 bridgehead atoms. The van der Waals surface area contributed by atoms with E-state index in [0.29, 0.717) is 5.56 Å². The molecule has 3 N–H and O–H groups in total. The van der Waals surface area contributed by atoms with E-state index in [-0.39, 0.29) is 0 Å². The molecule has 16 heavy (non-hydrogen) atoms. The SMILES string of the molecule is CN[C@H](C(N)=O)c1ccc(C(F)(F)F)cc1. The maximum atomic E-state index is 12.3. The number of hydrogen-bond acceptors (Lipinski definition) is 2. The fourth-order valence-electron chi connectivity index (χ4n) is 1.34. The molecule has 0 aliphatic carbocycles. The molecule has 6 heteroatoms. The highest BCUT2D eigenvalue weighted by atomic mass is 19.4. The predicted molar refractivity (Wildman–Crippen MR) is 52.4 cm³/mol. The topological polar surface area (TPSA) is 55.1 Å². The number of halogens is 3. The Morgan fingerprint density at radius 1 is 1.31 bits per heavy atom. The molecule has 1 aromatic rings. The normalized spacial score (nSPS) is 13.5. The van der Waals surface area contributed by atoms with Crippen molar-refractivity contribution in [2.75, 3.05) is 7.05 Å². The number of hydrogen-bond donors (Lipinski definition) is 2. The second-order valence-electron chi connectivity index (χ2n) is 3.24. The van der Waals surface area contributed by atoms with Crippen molar-refractivity contribution >= 4 is 5.91 Å². The molecule has 1 aromatic carbocycles. The molecule has 0 saturated carbocycles. The van der Waals surface area contributed by atoms with Gasteiger partial charge in [0, 0.05) is 0 Å². The van der Waals surface area contributed by atoms with Gasteiger partial charge in [-0.2, -0.15) is 13.2 Å². The van der Waals surface area contributed by atoms with E-state index in [9.17, 15) is 18.0 Å². The summed E-state index contributed by atoms with van der Waals surface area (Å²) < 4.78 is 36.8. The summed E-state index contributed by atoms with van der Waals surface area (Å²) in [4.78, 5) is 11.0. The summed E-state index contributed by atoms with van der Waals surface area (Å²) in [6.07, 6.45) is -4.37. The van der Waals surface area contributed by atoms with Gasteiger partial charge in [0.25, 0.3) is 0 Å². The Morgan fingerprint density at radius 3 is 2.12 bits per heavy atom. The van der Waals surface area contributed by atoms with Crippen LogP contribution >= 0.6 is 0 Å². The lowest BCUT2D eigenvalue weighted by atomic mass is 10.0. The monoisotopic (exact) mass is 232 g/mol. The van der Waals surface area contributed by atoms with Gasteiger partial charge in [-0.25, -0.2) is 0 Å². The summed E-state index contributed by atoms with van der Waals surface area (Å²) in [6, 6.07) is 3.52. The fourth-order valence-corrected chi connectivity index (χ4v) is 1.34. The van der Waals surface area contributed by atoms with Gasteiger partial charge < -0.3 is 11.1 Å². The minimum atomic E-state index is -4.37. The first-order chi connectivity index (χ1) is 7.36. The molecule has 0 heterocycles. The number of nitrogens with one attached hydrogen (secondary N) is 1. The minimum Gasteiger partial charge on any atom is -0.368 e. The van der Waals surface area contributed by atoms with Gasteiger partial charge in [-0.05, 0) is 24.7 Å². The van der Waals surface area contributed by atoms with Crippen molar-refractivity contribution < 1.29 is 18.0 Å². The van der Waals surface area contributed by atoms with E-state index in [1.165, 1.54) is 19.2 Å². The van der Waals surface area contributed by atoms with Gasteiger partial charge >= 0.3 is 6.18 Å². The Morgan fingerprint density at radius 2 is 1.81 bits per heavy atom. The maximum absolute atomic E-state index is 12.3. The zero-order valence-electron chi connectivity index (χ0n) is 8.51. The van der Waals surface area contributed by atoms with Crippen LogP contribution in [0.25, 0.3) is 0 Å². The second kappa shape index (κ2) is 4.52. The van der Waals surface area contributed by atoms with Gasteiger partial charge in [-0.3, -0.25) is 4.79 Å². The molecule has 1 atom stereocenters. The molecular weight excluding hydrogens is 221 g/mol. The van der Waals surface area contributed by atoms with Crippen LogP contribution in [0, 0.1) is 0 Å². The van der Waals surface area contributed by atoms with Crippen molar-refractivity contribution in [3.63, 3.8) is 0 Å². The Labute approximate surface area is 90.4 Å². The molecule has 88 valence electrons. The number of amides is 1. The fraction of sp³-hybridized carbons (Fsp3) is 0.300. The first-order valence-electron chi connectivity index (χ1n) is 4.50. The predicted octanol–water partition coefficient (Wildman–Crippen LogP) is 1.45. The van der Waals surface area contributed by atoms with Crippen LogP contribution in [0.5, 0.6) is 0 Å². The minimum absolute atomic E-state index is 0.406. The van der Waals surface area contributed by atoms with E-state index >= 15 is 0 Å². The summed E-state index contributed by atoms with van der Waals surface area (Å²) in [6.45, 7) is 0. The summed E-state index contributed by atoms with van der Waals surface area (Å²) in [5.74, 6) is -0.637. The molecule has 0 saturated heterocycles. The lowest BCUT2D eigenvalue weighted by molar-refractivity contribution is -0.137. The second-order valence-corrected chi connectivity index (χ2v) is 3.24. The number of nitrogens with two attached hydrogens (primary N) is 1. The third kappa shape index (κ3) is 2.73. The zero-order valence-corrected chi connectivity index (χ0v) is 8.51. The van der Waals surface area contributed by atoms with Gasteiger partial charge in [-0.1, -0.05) is 12.1 Å². The van der Waals surface area contributed by atoms with Crippen LogP contribution < -0.4 is 11.1 Å². The van der Waals surface area contributed by atoms with Crippen molar-refractivity contribution in [3.8, 4) is 0 Å². The summed E-state index contributed by atoms with van der Waals surface area (Å²) in [7, 11) is 1.51. The van der Waals surface area contributed by atoms with E-state index in [4.69, 9.17) is 5.73 Å². The van der Waals surface area contributed by atoms with Crippen LogP contribution in [0.4, 0.5) is 13.2 Å². The van der Waals surface area contributed by atoms with Gasteiger partial charge in [-0.15, -0.1) is 0 Å². The number of carbonyl (C=O) groups excluding carboxylic acids is 1. The van der Waals surface area contributed by atoms with Crippen molar-refractivity contribution in [1.82, 2.24) is 5.32 Å². The van der Waals surface area contributed by atoms with Crippen molar-refractivity contribution in [3.05, 3.63) is 35.4 Å². The van der Waals surface area contributed by atoms with E-state index in [1.54, 1.807) is 0 Å². The van der Waals surface area contributed by atoms with Crippen molar-refractivity contribution in [1.29, 1.82) is 0 Å². The summed E-state index contributed by atoms with van der Waals surface area (Å²) in [5, 5.41) is 2.62. The van der Waals surface area contributed by atoms with Crippen LogP contribution in [0.2, 0.25) is 0 Å². The lowest BCUT2D eigenvalue weighted by Crippen LogP contribution is -2.31. The highest BCUT2D eigenvalue weighted by molar-refractivity contribution is 5.81. The molecule has 0 fully saturated rings. The van der Waals surface area contributed by atoms with Crippen LogP contribution in [-0.4, -0.2) is 13.0 Å². The molecule has 1 rings (SSSR count). The standard InChI is InChI=1S/C10H11F3N2O/c1-15-8(9(14)16)6-2-4-7(5-3-6)10(11,12)13/h2-5,8,15H,1H3,(H2,14,16)/t8-/m0/s1. The number of likely N-dealkylation sites (N-methyl/N-ethyl adjacent to an activating group) is 1. The van der Waals surface area contributed by atoms with Crippen molar-refractivity contribution in [2.45, 2.75) is 12.2 Å². The van der Waals surface area contributed by atoms with Gasteiger partial charge in [0.05, 0.1) is 5.56 Å². The van der Waals surface area contributed by atoms with E-state index in [0.717, 1.165) is 12.1 Å². The number of primary amides is 1. The molecule has 3 nitrogen and oxygen atoms in total. The van der Waals surface area contributed by atoms with E-state index in [1.807, 2.05) is 0 Å². The highest BCUT2D eigenvalue weighted by Gasteiger charge is 2.30. The number of carbonyl (C=O) groups is 1. The average molecular weight is 232 g/mol. The average Bonchev–Trinajstić information content (AvgIpc) is 2.17. The molecule has 0 aliphatic rings. The Hall–Kier alpha value is -1.56. The van der Waals surface area contributed by atoms with Crippen LogP contribution in [0.1, 0.15) is 17.2 Å². The zero-order chi connectivity index (χ0) is 12.3. The quantitative estimate of drug-likeness (QED) is 0.828. The number of rotatable bonds is 3. The first kappa shape index (κ1) is 12.5. The smallest absolute Gasteiger partial charge is 0.368 e.